The highest BCUT2D eigenvalue weighted by atomic mass is 15.3. The molecule has 1 aliphatic rings. The number of benzene rings is 1. The Bertz CT molecular complexity index is 546. The summed E-state index contributed by atoms with van der Waals surface area (Å²) in [6.07, 6.45) is 3.99. The largest absolute Gasteiger partial charge is 0.271 e. The minimum Gasteiger partial charge on any atom is -0.271 e. The van der Waals surface area contributed by atoms with Crippen LogP contribution in [0.5, 0.6) is 0 Å². The molecule has 2 atom stereocenters. The summed E-state index contributed by atoms with van der Waals surface area (Å²) in [6.45, 7) is 0. The molecule has 1 aliphatic carbocycles. The van der Waals surface area contributed by atoms with E-state index >= 15 is 0 Å². The molecule has 4 nitrogen and oxygen atoms in total. The quantitative estimate of drug-likeness (QED) is 0.633. The molecule has 0 saturated heterocycles. The van der Waals surface area contributed by atoms with E-state index in [4.69, 9.17) is 5.84 Å². The molecule has 2 aromatic rings. The van der Waals surface area contributed by atoms with Crippen molar-refractivity contribution in [1.82, 2.24) is 15.2 Å². The lowest BCUT2D eigenvalue weighted by atomic mass is 9.74. The normalized spacial score (nSPS) is 19.1. The molecule has 0 aliphatic heterocycles. The van der Waals surface area contributed by atoms with Crippen molar-refractivity contribution in [1.29, 1.82) is 0 Å². The molecule has 94 valence electrons. The molecule has 0 fully saturated rings. The number of fused-ring (bicyclic) bond motifs is 1. The number of nitrogens with zero attached hydrogens (tertiary/aromatic N) is 2. The molecular weight excluding hydrogens is 224 g/mol. The third-order valence-electron chi connectivity index (χ3n) is 3.90. The standard InChI is InChI=1S/C14H18N4/c1-18-14(6-7-16-18)13(17-15)9-11-8-10-4-2-3-5-12(10)11/h2-7,11,13,17H,8-9,15H2,1H3. The van der Waals surface area contributed by atoms with Gasteiger partial charge in [-0.05, 0) is 36.0 Å². The zero-order chi connectivity index (χ0) is 12.5. The Morgan fingerprint density at radius 3 is 2.94 bits per heavy atom. The van der Waals surface area contributed by atoms with Gasteiger partial charge in [0.05, 0.1) is 11.7 Å². The van der Waals surface area contributed by atoms with Crippen molar-refractivity contribution < 1.29 is 0 Å². The average Bonchev–Trinajstić information content (AvgIpc) is 2.77. The van der Waals surface area contributed by atoms with Crippen molar-refractivity contribution in [2.24, 2.45) is 12.9 Å². The van der Waals surface area contributed by atoms with Crippen molar-refractivity contribution in [3.05, 3.63) is 53.3 Å². The molecule has 3 rings (SSSR count). The number of hydrogen-bond donors (Lipinski definition) is 2. The van der Waals surface area contributed by atoms with Crippen LogP contribution in [0.15, 0.2) is 36.5 Å². The van der Waals surface area contributed by atoms with E-state index in [1.165, 1.54) is 11.1 Å². The molecule has 18 heavy (non-hydrogen) atoms. The summed E-state index contributed by atoms with van der Waals surface area (Å²) in [5, 5.41) is 4.20. The lowest BCUT2D eigenvalue weighted by Gasteiger charge is -2.32. The molecule has 2 unspecified atom stereocenters. The second-order valence-corrected chi connectivity index (χ2v) is 4.93. The van der Waals surface area contributed by atoms with E-state index in [-0.39, 0.29) is 6.04 Å². The number of hydrogen-bond acceptors (Lipinski definition) is 3. The summed E-state index contributed by atoms with van der Waals surface area (Å²) < 4.78 is 1.88. The van der Waals surface area contributed by atoms with Crippen LogP contribution in [0.4, 0.5) is 0 Å². The van der Waals surface area contributed by atoms with Crippen molar-refractivity contribution in [3.63, 3.8) is 0 Å². The van der Waals surface area contributed by atoms with Gasteiger partial charge in [0.1, 0.15) is 0 Å². The highest BCUT2D eigenvalue weighted by Crippen LogP contribution is 2.40. The number of nitrogens with two attached hydrogens (primary N) is 1. The molecule has 0 saturated carbocycles. The van der Waals surface area contributed by atoms with Gasteiger partial charge in [-0.15, -0.1) is 0 Å². The summed E-state index contributed by atoms with van der Waals surface area (Å²) in [4.78, 5) is 0. The Kier molecular flexibility index (Phi) is 2.89. The van der Waals surface area contributed by atoms with Gasteiger partial charge in [0.2, 0.25) is 0 Å². The van der Waals surface area contributed by atoms with Gasteiger partial charge in [0, 0.05) is 13.2 Å². The number of aromatic nitrogens is 2. The van der Waals surface area contributed by atoms with E-state index in [1.54, 1.807) is 0 Å². The Labute approximate surface area is 107 Å². The average molecular weight is 242 g/mol. The monoisotopic (exact) mass is 242 g/mol. The van der Waals surface area contributed by atoms with E-state index in [9.17, 15) is 0 Å². The fraction of sp³-hybridized carbons (Fsp3) is 0.357. The summed E-state index contributed by atoms with van der Waals surface area (Å²) in [5.74, 6) is 6.30. The SMILES string of the molecule is Cn1nccc1C(CC1Cc2ccccc21)NN. The highest BCUT2D eigenvalue weighted by molar-refractivity contribution is 5.40. The molecule has 0 bridgehead atoms. The molecule has 1 aromatic carbocycles. The fourth-order valence-electron chi connectivity index (χ4n) is 2.86. The summed E-state index contributed by atoms with van der Waals surface area (Å²) in [6, 6.07) is 10.8. The maximum atomic E-state index is 5.69. The topological polar surface area (TPSA) is 55.9 Å². The fourth-order valence-corrected chi connectivity index (χ4v) is 2.86. The van der Waals surface area contributed by atoms with Crippen LogP contribution in [-0.4, -0.2) is 9.78 Å². The van der Waals surface area contributed by atoms with Crippen LogP contribution < -0.4 is 11.3 Å². The van der Waals surface area contributed by atoms with Crippen LogP contribution in [0.25, 0.3) is 0 Å². The smallest absolute Gasteiger partial charge is 0.0634 e. The van der Waals surface area contributed by atoms with E-state index in [2.05, 4.69) is 34.8 Å². The summed E-state index contributed by atoms with van der Waals surface area (Å²) in [7, 11) is 1.95. The first kappa shape index (κ1) is 11.4. The molecule has 1 heterocycles. The number of hydrazine groups is 1. The van der Waals surface area contributed by atoms with Gasteiger partial charge in [-0.3, -0.25) is 16.0 Å². The van der Waals surface area contributed by atoms with E-state index in [1.807, 2.05) is 24.0 Å². The predicted octanol–water partition coefficient (Wildman–Crippen LogP) is 1.65. The maximum absolute atomic E-state index is 5.69. The number of aryl methyl sites for hydroxylation is 1. The van der Waals surface area contributed by atoms with Gasteiger partial charge in [-0.25, -0.2) is 0 Å². The first-order valence-corrected chi connectivity index (χ1v) is 6.31. The van der Waals surface area contributed by atoms with Gasteiger partial charge in [0.25, 0.3) is 0 Å². The first-order valence-electron chi connectivity index (χ1n) is 6.31. The Balaban J connectivity index is 1.76. The Morgan fingerprint density at radius 1 is 1.44 bits per heavy atom. The zero-order valence-corrected chi connectivity index (χ0v) is 10.5. The van der Waals surface area contributed by atoms with Crippen LogP contribution in [-0.2, 0) is 13.5 Å². The van der Waals surface area contributed by atoms with Gasteiger partial charge in [-0.2, -0.15) is 5.10 Å². The van der Waals surface area contributed by atoms with Crippen LogP contribution in [0.1, 0.15) is 35.2 Å². The lowest BCUT2D eigenvalue weighted by Crippen LogP contribution is -2.32. The minimum atomic E-state index is 0.163. The van der Waals surface area contributed by atoms with Crippen molar-refractivity contribution in [2.45, 2.75) is 24.8 Å². The minimum absolute atomic E-state index is 0.163. The predicted molar refractivity (Wildman–Crippen MR) is 70.8 cm³/mol. The number of nitrogens with one attached hydrogen (secondary N) is 1. The zero-order valence-electron chi connectivity index (χ0n) is 10.5. The molecule has 0 amide bonds. The summed E-state index contributed by atoms with van der Waals surface area (Å²) >= 11 is 0. The Hall–Kier alpha value is -1.65. The number of rotatable bonds is 4. The van der Waals surface area contributed by atoms with E-state index in [0.717, 1.165) is 18.5 Å². The molecule has 1 aromatic heterocycles. The first-order chi connectivity index (χ1) is 8.79. The van der Waals surface area contributed by atoms with Gasteiger partial charge in [0.15, 0.2) is 0 Å². The van der Waals surface area contributed by atoms with Gasteiger partial charge < -0.3 is 0 Å². The van der Waals surface area contributed by atoms with Crippen LogP contribution in [0, 0.1) is 0 Å². The maximum Gasteiger partial charge on any atom is 0.0634 e. The third-order valence-corrected chi connectivity index (χ3v) is 3.90. The Morgan fingerprint density at radius 2 is 2.28 bits per heavy atom. The lowest BCUT2D eigenvalue weighted by molar-refractivity contribution is 0.416. The molecule has 3 N–H and O–H groups in total. The van der Waals surface area contributed by atoms with Crippen molar-refractivity contribution in [2.75, 3.05) is 0 Å². The van der Waals surface area contributed by atoms with Crippen LogP contribution >= 0.6 is 0 Å². The van der Waals surface area contributed by atoms with Crippen LogP contribution in [0.3, 0.4) is 0 Å². The molecular formula is C14H18N4. The van der Waals surface area contributed by atoms with Crippen LogP contribution in [0.2, 0.25) is 0 Å². The van der Waals surface area contributed by atoms with E-state index in [0.29, 0.717) is 5.92 Å². The molecule has 4 heteroatoms. The van der Waals surface area contributed by atoms with Gasteiger partial charge in [-0.1, -0.05) is 24.3 Å². The highest BCUT2D eigenvalue weighted by Gasteiger charge is 2.29. The summed E-state index contributed by atoms with van der Waals surface area (Å²) in [5.41, 5.74) is 7.00. The van der Waals surface area contributed by atoms with Crippen molar-refractivity contribution in [3.8, 4) is 0 Å². The third kappa shape index (κ3) is 1.83. The van der Waals surface area contributed by atoms with Crippen molar-refractivity contribution >= 4 is 0 Å². The second kappa shape index (κ2) is 4.55. The molecule has 0 spiro atoms. The van der Waals surface area contributed by atoms with Gasteiger partial charge >= 0.3 is 0 Å². The van der Waals surface area contributed by atoms with E-state index < -0.39 is 0 Å². The molecule has 0 radical (unpaired) electrons. The second-order valence-electron chi connectivity index (χ2n) is 4.93.